The monoisotopic (exact) mass is 351 g/mol. The van der Waals surface area contributed by atoms with Crippen molar-refractivity contribution < 1.29 is 19.6 Å². The van der Waals surface area contributed by atoms with Crippen molar-refractivity contribution in [3.05, 3.63) is 68.7 Å². The van der Waals surface area contributed by atoms with Crippen molar-refractivity contribution >= 4 is 27.6 Å². The van der Waals surface area contributed by atoms with E-state index in [-0.39, 0.29) is 11.4 Å². The first-order chi connectivity index (χ1) is 10.0. The Morgan fingerprint density at radius 3 is 2.43 bits per heavy atom. The number of rotatable bonds is 5. The molecular weight excluding hydrogens is 342 g/mol. The molecular formula is C14H10BrNO5. The Morgan fingerprint density at radius 2 is 1.86 bits per heavy atom. The molecule has 0 saturated carbocycles. The number of ether oxygens (including phenoxy) is 1. The zero-order chi connectivity index (χ0) is 15.4. The van der Waals surface area contributed by atoms with Crippen LogP contribution in [-0.4, -0.2) is 16.0 Å². The highest BCUT2D eigenvalue weighted by Gasteiger charge is 2.27. The van der Waals surface area contributed by atoms with Gasteiger partial charge in [-0.3, -0.25) is 10.1 Å². The molecule has 0 aliphatic heterocycles. The summed E-state index contributed by atoms with van der Waals surface area (Å²) in [7, 11) is 0. The number of carboxylic acid groups (broad SMARTS) is 1. The Bertz CT molecular complexity index is 674. The maximum Gasteiger partial charge on any atom is 0.349 e. The molecule has 0 amide bonds. The minimum absolute atomic E-state index is 0.112. The van der Waals surface area contributed by atoms with Crippen LogP contribution in [0.15, 0.2) is 53.0 Å². The van der Waals surface area contributed by atoms with Crippen molar-refractivity contribution in [3.63, 3.8) is 0 Å². The number of hydrogen-bond acceptors (Lipinski definition) is 4. The molecule has 6 nitrogen and oxygen atoms in total. The van der Waals surface area contributed by atoms with Gasteiger partial charge in [-0.05, 0) is 22.0 Å². The van der Waals surface area contributed by atoms with Gasteiger partial charge in [0.05, 0.1) is 9.40 Å². The number of hydrogen-bond donors (Lipinski definition) is 1. The number of nitrogens with zero attached hydrogens (tertiary/aromatic N) is 1. The highest BCUT2D eigenvalue weighted by atomic mass is 79.9. The quantitative estimate of drug-likeness (QED) is 0.656. The van der Waals surface area contributed by atoms with Gasteiger partial charge in [0, 0.05) is 11.6 Å². The third kappa shape index (κ3) is 3.38. The first-order valence-corrected chi connectivity index (χ1v) is 6.67. The van der Waals surface area contributed by atoms with E-state index in [2.05, 4.69) is 15.9 Å². The number of carbonyl (C=O) groups is 1. The maximum atomic E-state index is 11.4. The lowest BCUT2D eigenvalue weighted by Crippen LogP contribution is -2.18. The molecule has 0 heterocycles. The summed E-state index contributed by atoms with van der Waals surface area (Å²) in [5, 5.41) is 20.3. The number of nitro groups is 1. The summed E-state index contributed by atoms with van der Waals surface area (Å²) in [6.45, 7) is 0. The zero-order valence-electron chi connectivity index (χ0n) is 10.6. The predicted molar refractivity (Wildman–Crippen MR) is 78.2 cm³/mol. The lowest BCUT2D eigenvalue weighted by Gasteiger charge is -2.16. The predicted octanol–water partition coefficient (Wildman–Crippen LogP) is 3.56. The number of para-hydroxylation sites is 1. The van der Waals surface area contributed by atoms with Crippen LogP contribution >= 0.6 is 15.9 Å². The standard InChI is InChI=1S/C14H10BrNO5/c15-10-7-4-8-11(16(19)20)13(10)21-12(14(17)18)9-5-2-1-3-6-9/h1-8,12H,(H,17,18). The Hall–Kier alpha value is -2.41. The van der Waals surface area contributed by atoms with Crippen molar-refractivity contribution in [2.75, 3.05) is 0 Å². The Balaban J connectivity index is 2.43. The molecule has 0 spiro atoms. The number of halogens is 1. The molecule has 21 heavy (non-hydrogen) atoms. The number of aliphatic carboxylic acids is 1. The van der Waals surface area contributed by atoms with Gasteiger partial charge in [0.1, 0.15) is 0 Å². The zero-order valence-corrected chi connectivity index (χ0v) is 12.2. The van der Waals surface area contributed by atoms with Crippen LogP contribution in [0.25, 0.3) is 0 Å². The van der Waals surface area contributed by atoms with E-state index >= 15 is 0 Å². The highest BCUT2D eigenvalue weighted by molar-refractivity contribution is 9.10. The third-order valence-corrected chi connectivity index (χ3v) is 3.33. The van der Waals surface area contributed by atoms with E-state index in [1.54, 1.807) is 36.4 Å². The van der Waals surface area contributed by atoms with Crippen LogP contribution in [0, 0.1) is 10.1 Å². The largest absolute Gasteiger partial charge is 0.478 e. The van der Waals surface area contributed by atoms with E-state index in [0.29, 0.717) is 10.0 Å². The highest BCUT2D eigenvalue weighted by Crippen LogP contribution is 2.37. The first kappa shape index (κ1) is 15.0. The molecule has 2 rings (SSSR count). The van der Waals surface area contributed by atoms with Crippen molar-refractivity contribution in [2.24, 2.45) is 0 Å². The van der Waals surface area contributed by atoms with Gasteiger partial charge in [-0.25, -0.2) is 4.79 Å². The smallest absolute Gasteiger partial charge is 0.349 e. The average Bonchev–Trinajstić information content (AvgIpc) is 2.46. The second kappa shape index (κ2) is 6.36. The van der Waals surface area contributed by atoms with E-state index in [1.165, 1.54) is 12.1 Å². The molecule has 0 aromatic heterocycles. The molecule has 0 bridgehead atoms. The molecule has 1 unspecified atom stereocenters. The normalized spacial score (nSPS) is 11.7. The summed E-state index contributed by atoms with van der Waals surface area (Å²) in [4.78, 5) is 21.8. The van der Waals surface area contributed by atoms with Gasteiger partial charge in [-0.15, -0.1) is 0 Å². The van der Waals surface area contributed by atoms with Gasteiger partial charge in [0.2, 0.25) is 11.9 Å². The van der Waals surface area contributed by atoms with Gasteiger partial charge < -0.3 is 9.84 Å². The topological polar surface area (TPSA) is 89.7 Å². The molecule has 2 aromatic rings. The molecule has 0 fully saturated rings. The van der Waals surface area contributed by atoms with Gasteiger partial charge in [-0.2, -0.15) is 0 Å². The number of benzene rings is 2. The second-order valence-electron chi connectivity index (χ2n) is 4.09. The van der Waals surface area contributed by atoms with Crippen LogP contribution in [-0.2, 0) is 4.79 Å². The Labute approximate surface area is 128 Å². The summed E-state index contributed by atoms with van der Waals surface area (Å²) in [5.74, 6) is -1.34. The van der Waals surface area contributed by atoms with Crippen molar-refractivity contribution in [2.45, 2.75) is 6.10 Å². The first-order valence-electron chi connectivity index (χ1n) is 5.88. The maximum absolute atomic E-state index is 11.4. The summed E-state index contributed by atoms with van der Waals surface area (Å²) in [6.07, 6.45) is -1.33. The molecule has 0 saturated heterocycles. The van der Waals surface area contributed by atoms with E-state index in [4.69, 9.17) is 4.74 Å². The molecule has 2 aromatic carbocycles. The van der Waals surface area contributed by atoms with Gasteiger partial charge in [0.25, 0.3) is 0 Å². The van der Waals surface area contributed by atoms with Crippen LogP contribution in [0.5, 0.6) is 5.75 Å². The van der Waals surface area contributed by atoms with E-state index in [0.717, 1.165) is 0 Å². The van der Waals surface area contributed by atoms with E-state index < -0.39 is 17.0 Å². The van der Waals surface area contributed by atoms with Crippen LogP contribution in [0.1, 0.15) is 11.7 Å². The Morgan fingerprint density at radius 1 is 1.19 bits per heavy atom. The minimum atomic E-state index is -1.33. The number of nitro benzene ring substituents is 1. The van der Waals surface area contributed by atoms with Crippen molar-refractivity contribution in [1.29, 1.82) is 0 Å². The summed E-state index contributed by atoms with van der Waals surface area (Å²) >= 11 is 3.14. The van der Waals surface area contributed by atoms with Gasteiger partial charge >= 0.3 is 11.7 Å². The Kier molecular flexibility index (Phi) is 4.54. The fourth-order valence-corrected chi connectivity index (χ4v) is 2.21. The SMILES string of the molecule is O=C(O)C(Oc1c(Br)cccc1[N+](=O)[O-])c1ccccc1. The summed E-state index contributed by atoms with van der Waals surface area (Å²) in [6, 6.07) is 12.5. The van der Waals surface area contributed by atoms with Gasteiger partial charge in [-0.1, -0.05) is 36.4 Å². The van der Waals surface area contributed by atoms with Crippen molar-refractivity contribution in [3.8, 4) is 5.75 Å². The van der Waals surface area contributed by atoms with E-state index in [1.807, 2.05) is 0 Å². The van der Waals surface area contributed by atoms with E-state index in [9.17, 15) is 20.0 Å². The molecule has 7 heteroatoms. The fraction of sp³-hybridized carbons (Fsp3) is 0.0714. The number of carboxylic acids is 1. The summed E-state index contributed by atoms with van der Waals surface area (Å²) in [5.41, 5.74) is 0.0987. The minimum Gasteiger partial charge on any atom is -0.478 e. The molecule has 108 valence electrons. The van der Waals surface area contributed by atoms with Crippen LogP contribution in [0.4, 0.5) is 5.69 Å². The molecule has 0 aliphatic carbocycles. The third-order valence-electron chi connectivity index (χ3n) is 2.71. The lowest BCUT2D eigenvalue weighted by molar-refractivity contribution is -0.386. The fourth-order valence-electron chi connectivity index (χ4n) is 1.76. The summed E-state index contributed by atoms with van der Waals surface area (Å²) < 4.78 is 5.72. The van der Waals surface area contributed by atoms with Gasteiger partial charge in [0.15, 0.2) is 0 Å². The molecule has 0 radical (unpaired) electrons. The van der Waals surface area contributed by atoms with Crippen LogP contribution < -0.4 is 4.74 Å². The lowest BCUT2D eigenvalue weighted by atomic mass is 10.1. The van der Waals surface area contributed by atoms with Crippen LogP contribution in [0.3, 0.4) is 0 Å². The average molecular weight is 352 g/mol. The molecule has 0 aliphatic rings. The second-order valence-corrected chi connectivity index (χ2v) is 4.95. The molecule has 1 atom stereocenters. The molecule has 1 N–H and O–H groups in total. The van der Waals surface area contributed by atoms with Crippen molar-refractivity contribution in [1.82, 2.24) is 0 Å². The van der Waals surface area contributed by atoms with Crippen LogP contribution in [0.2, 0.25) is 0 Å².